The Hall–Kier alpha value is -2.04. The van der Waals surface area contributed by atoms with Gasteiger partial charge in [-0.25, -0.2) is 4.79 Å². The van der Waals surface area contributed by atoms with Crippen molar-refractivity contribution < 1.29 is 14.6 Å². The molecule has 0 aliphatic carbocycles. The summed E-state index contributed by atoms with van der Waals surface area (Å²) in [7, 11) is 0. The van der Waals surface area contributed by atoms with Crippen LogP contribution in [0.4, 0.5) is 0 Å². The summed E-state index contributed by atoms with van der Waals surface area (Å²) >= 11 is 6.12. The third kappa shape index (κ3) is 4.03. The molecular weight excluding hydrogens is 314 g/mol. The van der Waals surface area contributed by atoms with Gasteiger partial charge in [-0.2, -0.15) is 0 Å². The number of para-hydroxylation sites is 1. The summed E-state index contributed by atoms with van der Waals surface area (Å²) in [6, 6.07) is 14.5. The fourth-order valence-corrected chi connectivity index (χ4v) is 2.95. The molecule has 4 nitrogen and oxygen atoms in total. The first kappa shape index (κ1) is 15.8. The van der Waals surface area contributed by atoms with E-state index >= 15 is 0 Å². The highest BCUT2D eigenvalue weighted by molar-refractivity contribution is 6.32. The average molecular weight is 332 g/mol. The van der Waals surface area contributed by atoms with Crippen LogP contribution in [-0.2, 0) is 6.54 Å². The molecule has 0 bridgehead atoms. The number of benzene rings is 2. The normalized spacial score (nSPS) is 18.0. The van der Waals surface area contributed by atoms with Crippen molar-refractivity contribution in [2.45, 2.75) is 19.1 Å². The molecule has 0 spiro atoms. The molecule has 1 aliphatic heterocycles. The highest BCUT2D eigenvalue weighted by Crippen LogP contribution is 2.26. The number of nitrogens with zero attached hydrogens (tertiary/aromatic N) is 1. The topological polar surface area (TPSA) is 49.8 Å². The van der Waals surface area contributed by atoms with E-state index in [9.17, 15) is 4.79 Å². The van der Waals surface area contributed by atoms with Gasteiger partial charge in [0.1, 0.15) is 11.9 Å². The maximum absolute atomic E-state index is 10.9. The van der Waals surface area contributed by atoms with Crippen molar-refractivity contribution in [1.82, 2.24) is 4.90 Å². The maximum atomic E-state index is 10.9. The molecule has 2 aromatic rings. The number of hydrogen-bond acceptors (Lipinski definition) is 3. The Morgan fingerprint density at radius 3 is 2.65 bits per heavy atom. The molecule has 5 heteroatoms. The van der Waals surface area contributed by atoms with Crippen molar-refractivity contribution in [3.8, 4) is 5.75 Å². The number of aromatic carboxylic acids is 1. The van der Waals surface area contributed by atoms with Gasteiger partial charge in [-0.05, 0) is 36.2 Å². The molecule has 1 fully saturated rings. The Morgan fingerprint density at radius 2 is 1.96 bits per heavy atom. The van der Waals surface area contributed by atoms with Crippen molar-refractivity contribution in [3.63, 3.8) is 0 Å². The maximum Gasteiger partial charge on any atom is 0.335 e. The molecule has 1 unspecified atom stereocenters. The molecule has 2 aromatic carbocycles. The zero-order valence-electron chi connectivity index (χ0n) is 12.6. The molecule has 1 saturated heterocycles. The van der Waals surface area contributed by atoms with Crippen molar-refractivity contribution in [1.29, 1.82) is 0 Å². The van der Waals surface area contributed by atoms with E-state index in [0.29, 0.717) is 10.6 Å². The minimum atomic E-state index is -0.897. The molecule has 0 radical (unpaired) electrons. The zero-order valence-corrected chi connectivity index (χ0v) is 13.4. The summed E-state index contributed by atoms with van der Waals surface area (Å²) in [5, 5.41) is 9.55. The lowest BCUT2D eigenvalue weighted by Gasteiger charge is -2.17. The van der Waals surface area contributed by atoms with E-state index in [1.807, 2.05) is 36.4 Å². The second-order valence-corrected chi connectivity index (χ2v) is 6.10. The van der Waals surface area contributed by atoms with Gasteiger partial charge in [-0.15, -0.1) is 0 Å². The van der Waals surface area contributed by atoms with E-state index in [1.54, 1.807) is 12.1 Å². The van der Waals surface area contributed by atoms with Crippen LogP contribution in [0.5, 0.6) is 5.75 Å². The molecule has 3 rings (SSSR count). The third-order valence-electron chi connectivity index (χ3n) is 3.97. The van der Waals surface area contributed by atoms with Crippen LogP contribution in [0.1, 0.15) is 22.3 Å². The van der Waals surface area contributed by atoms with Crippen LogP contribution in [0, 0.1) is 0 Å². The fraction of sp³-hybridized carbons (Fsp3) is 0.278. The summed E-state index contributed by atoms with van der Waals surface area (Å²) < 4.78 is 5.97. The van der Waals surface area contributed by atoms with Gasteiger partial charge in [-0.3, -0.25) is 4.90 Å². The van der Waals surface area contributed by atoms with Crippen LogP contribution in [0.25, 0.3) is 0 Å². The monoisotopic (exact) mass is 331 g/mol. The Kier molecular flexibility index (Phi) is 4.84. The molecule has 0 aromatic heterocycles. The van der Waals surface area contributed by atoms with E-state index in [0.717, 1.165) is 37.4 Å². The number of carboxylic acids is 1. The first-order valence-electron chi connectivity index (χ1n) is 7.57. The van der Waals surface area contributed by atoms with Crippen molar-refractivity contribution in [2.24, 2.45) is 0 Å². The molecule has 1 N–H and O–H groups in total. The second kappa shape index (κ2) is 7.02. The lowest BCUT2D eigenvalue weighted by molar-refractivity contribution is 0.0697. The molecular formula is C18H18ClNO3. The lowest BCUT2D eigenvalue weighted by atomic mass is 10.1. The number of carbonyl (C=O) groups is 1. The van der Waals surface area contributed by atoms with E-state index in [-0.39, 0.29) is 6.10 Å². The second-order valence-electron chi connectivity index (χ2n) is 5.70. The Morgan fingerprint density at radius 1 is 1.22 bits per heavy atom. The van der Waals surface area contributed by atoms with Crippen molar-refractivity contribution in [3.05, 3.63) is 64.7 Å². The lowest BCUT2D eigenvalue weighted by Crippen LogP contribution is -2.24. The summed E-state index contributed by atoms with van der Waals surface area (Å²) in [6.07, 6.45) is 1.09. The Labute approximate surface area is 140 Å². The highest BCUT2D eigenvalue weighted by atomic mass is 35.5. The first-order valence-corrected chi connectivity index (χ1v) is 7.95. The first-order chi connectivity index (χ1) is 11.1. The van der Waals surface area contributed by atoms with Crippen LogP contribution in [0.3, 0.4) is 0 Å². The van der Waals surface area contributed by atoms with Gasteiger partial charge in [0.25, 0.3) is 0 Å². The predicted octanol–water partition coefficient (Wildman–Crippen LogP) is 3.69. The van der Waals surface area contributed by atoms with E-state index in [1.165, 1.54) is 0 Å². The van der Waals surface area contributed by atoms with E-state index < -0.39 is 5.97 Å². The van der Waals surface area contributed by atoms with Gasteiger partial charge in [0.2, 0.25) is 0 Å². The molecule has 1 aliphatic rings. The van der Waals surface area contributed by atoms with Gasteiger partial charge in [0, 0.05) is 19.6 Å². The van der Waals surface area contributed by atoms with Gasteiger partial charge in [0.05, 0.1) is 10.6 Å². The molecule has 0 saturated carbocycles. The minimum Gasteiger partial charge on any atom is -0.487 e. The Balaban J connectivity index is 1.55. The van der Waals surface area contributed by atoms with Crippen molar-refractivity contribution in [2.75, 3.05) is 13.1 Å². The molecule has 23 heavy (non-hydrogen) atoms. The largest absolute Gasteiger partial charge is 0.487 e. The minimum absolute atomic E-state index is 0.133. The standard InChI is InChI=1S/C18H18ClNO3/c19-16-3-1-2-4-17(16)23-15-9-10-20(12-15)11-13-5-7-14(8-6-13)18(21)22/h1-8,15H,9-12H2,(H,21,22). The number of hydrogen-bond donors (Lipinski definition) is 1. The summed E-state index contributed by atoms with van der Waals surface area (Å²) in [4.78, 5) is 13.2. The van der Waals surface area contributed by atoms with Crippen LogP contribution >= 0.6 is 11.6 Å². The van der Waals surface area contributed by atoms with Crippen LogP contribution < -0.4 is 4.74 Å². The van der Waals surface area contributed by atoms with Crippen LogP contribution in [-0.4, -0.2) is 35.2 Å². The highest BCUT2D eigenvalue weighted by Gasteiger charge is 2.24. The number of likely N-dealkylation sites (tertiary alicyclic amines) is 1. The quantitative estimate of drug-likeness (QED) is 0.907. The molecule has 120 valence electrons. The van der Waals surface area contributed by atoms with Crippen molar-refractivity contribution >= 4 is 17.6 Å². The number of ether oxygens (including phenoxy) is 1. The Bertz CT molecular complexity index is 687. The van der Waals surface area contributed by atoms with Crippen LogP contribution in [0.2, 0.25) is 5.02 Å². The fourth-order valence-electron chi connectivity index (χ4n) is 2.77. The predicted molar refractivity (Wildman–Crippen MR) is 89.2 cm³/mol. The summed E-state index contributed by atoms with van der Waals surface area (Å²) in [6.45, 7) is 2.59. The summed E-state index contributed by atoms with van der Waals surface area (Å²) in [5.41, 5.74) is 1.42. The van der Waals surface area contributed by atoms with Gasteiger partial charge in [-0.1, -0.05) is 35.9 Å². The van der Waals surface area contributed by atoms with Crippen LogP contribution in [0.15, 0.2) is 48.5 Å². The SMILES string of the molecule is O=C(O)c1ccc(CN2CCC(Oc3ccccc3Cl)C2)cc1. The number of rotatable bonds is 5. The van der Waals surface area contributed by atoms with Gasteiger partial charge >= 0.3 is 5.97 Å². The summed E-state index contributed by atoms with van der Waals surface area (Å²) in [5.74, 6) is -0.169. The van der Waals surface area contributed by atoms with Gasteiger partial charge in [0.15, 0.2) is 0 Å². The van der Waals surface area contributed by atoms with E-state index in [4.69, 9.17) is 21.4 Å². The van der Waals surface area contributed by atoms with Gasteiger partial charge < -0.3 is 9.84 Å². The molecule has 1 atom stereocenters. The van der Waals surface area contributed by atoms with E-state index in [2.05, 4.69) is 4.90 Å². The number of carboxylic acid groups (broad SMARTS) is 1. The zero-order chi connectivity index (χ0) is 16.2. The molecule has 1 heterocycles. The number of halogens is 1. The smallest absolute Gasteiger partial charge is 0.335 e. The average Bonchev–Trinajstić information content (AvgIpc) is 2.97. The molecule has 0 amide bonds. The third-order valence-corrected chi connectivity index (χ3v) is 4.28.